The summed E-state index contributed by atoms with van der Waals surface area (Å²) in [6.45, 7) is 8.05. The van der Waals surface area contributed by atoms with Crippen LogP contribution in [0.4, 0.5) is 0 Å². The lowest BCUT2D eigenvalue weighted by atomic mass is 10.4. The molecule has 4 nitrogen and oxygen atoms in total. The van der Waals surface area contributed by atoms with E-state index in [9.17, 15) is 0 Å². The lowest BCUT2D eigenvalue weighted by Crippen LogP contribution is -2.19. The lowest BCUT2D eigenvalue weighted by Gasteiger charge is -2.12. The lowest BCUT2D eigenvalue weighted by molar-refractivity contribution is -0.0297. The summed E-state index contributed by atoms with van der Waals surface area (Å²) in [5, 5.41) is 8.49. The van der Waals surface area contributed by atoms with E-state index in [-0.39, 0.29) is 27.6 Å². The highest BCUT2D eigenvalue weighted by molar-refractivity contribution is 4.63. The van der Waals surface area contributed by atoms with Crippen molar-refractivity contribution in [1.82, 2.24) is 0 Å². The maximum absolute atomic E-state index is 8.49. The maximum atomic E-state index is 8.49. The molecule has 0 rings (SSSR count). The quantitative estimate of drug-likeness (QED) is 0.465. The van der Waals surface area contributed by atoms with Crippen LogP contribution in [0.5, 0.6) is 0 Å². The SMILES string of the molecule is C.C.C=CCOCCOCC(C)OCCO. The Kier molecular flexibility index (Phi) is 22.2. The first-order valence-corrected chi connectivity index (χ1v) is 4.80. The Morgan fingerprint density at radius 3 is 2.38 bits per heavy atom. The topological polar surface area (TPSA) is 47.9 Å². The first-order valence-electron chi connectivity index (χ1n) is 4.80. The fourth-order valence-corrected chi connectivity index (χ4v) is 0.836. The third-order valence-corrected chi connectivity index (χ3v) is 1.45. The average molecular weight is 236 g/mol. The van der Waals surface area contributed by atoms with E-state index in [4.69, 9.17) is 19.3 Å². The van der Waals surface area contributed by atoms with E-state index < -0.39 is 0 Å². The van der Waals surface area contributed by atoms with Crippen LogP contribution in [0.3, 0.4) is 0 Å². The monoisotopic (exact) mass is 236 g/mol. The number of hydrogen-bond acceptors (Lipinski definition) is 4. The number of aliphatic hydroxyl groups excluding tert-OH is 1. The Hall–Kier alpha value is -0.420. The molecular formula is C12H28O4. The fraction of sp³-hybridized carbons (Fsp3) is 0.833. The van der Waals surface area contributed by atoms with Crippen molar-refractivity contribution in [3.63, 3.8) is 0 Å². The molecule has 0 aromatic carbocycles. The van der Waals surface area contributed by atoms with Crippen molar-refractivity contribution in [1.29, 1.82) is 0 Å². The standard InChI is InChI=1S/C10H20O4.2CH4/c1-3-5-12-7-8-13-9-10(2)14-6-4-11;;/h3,10-11H,1,4-9H2,2H3;2*1H4. The molecule has 0 aliphatic rings. The molecule has 0 bridgehead atoms. The Balaban J connectivity index is -0.000000845. The van der Waals surface area contributed by atoms with Gasteiger partial charge in [0.25, 0.3) is 0 Å². The summed E-state index contributed by atoms with van der Waals surface area (Å²) in [7, 11) is 0. The van der Waals surface area contributed by atoms with Crippen LogP contribution in [0.15, 0.2) is 12.7 Å². The summed E-state index contributed by atoms with van der Waals surface area (Å²) in [4.78, 5) is 0. The number of aliphatic hydroxyl groups is 1. The van der Waals surface area contributed by atoms with Gasteiger partial charge in [0.15, 0.2) is 0 Å². The molecule has 0 aromatic rings. The zero-order valence-corrected chi connectivity index (χ0v) is 8.78. The van der Waals surface area contributed by atoms with E-state index in [0.29, 0.717) is 33.0 Å². The Morgan fingerprint density at radius 2 is 1.81 bits per heavy atom. The van der Waals surface area contributed by atoms with Crippen LogP contribution in [-0.2, 0) is 14.2 Å². The van der Waals surface area contributed by atoms with Crippen molar-refractivity contribution in [2.45, 2.75) is 27.9 Å². The predicted octanol–water partition coefficient (Wildman–Crippen LogP) is 1.88. The molecule has 0 aliphatic heterocycles. The normalized spacial score (nSPS) is 11.1. The van der Waals surface area contributed by atoms with Crippen LogP contribution in [-0.4, -0.2) is 50.9 Å². The van der Waals surface area contributed by atoms with Gasteiger partial charge in [0.05, 0.1) is 45.7 Å². The van der Waals surface area contributed by atoms with Gasteiger partial charge in [-0.25, -0.2) is 0 Å². The van der Waals surface area contributed by atoms with Gasteiger partial charge in [0.1, 0.15) is 0 Å². The highest BCUT2D eigenvalue weighted by Gasteiger charge is 2.00. The Bertz CT molecular complexity index is 128. The summed E-state index contributed by atoms with van der Waals surface area (Å²) in [5.41, 5.74) is 0. The van der Waals surface area contributed by atoms with Crippen molar-refractivity contribution in [3.8, 4) is 0 Å². The van der Waals surface area contributed by atoms with Gasteiger partial charge in [-0.15, -0.1) is 6.58 Å². The molecule has 4 heteroatoms. The molecule has 0 heterocycles. The third kappa shape index (κ3) is 16.0. The van der Waals surface area contributed by atoms with Gasteiger partial charge in [0.2, 0.25) is 0 Å². The molecule has 0 aliphatic carbocycles. The summed E-state index contributed by atoms with van der Waals surface area (Å²) < 4.78 is 15.6. The minimum absolute atomic E-state index is 0. The molecule has 0 fully saturated rings. The summed E-state index contributed by atoms with van der Waals surface area (Å²) >= 11 is 0. The van der Waals surface area contributed by atoms with Gasteiger partial charge in [-0.2, -0.15) is 0 Å². The fourth-order valence-electron chi connectivity index (χ4n) is 0.836. The van der Waals surface area contributed by atoms with Gasteiger partial charge < -0.3 is 19.3 Å². The molecule has 0 aromatic heterocycles. The zero-order valence-electron chi connectivity index (χ0n) is 8.78. The average Bonchev–Trinajstić information content (AvgIpc) is 2.20. The molecule has 0 amide bonds. The Morgan fingerprint density at radius 1 is 1.19 bits per heavy atom. The van der Waals surface area contributed by atoms with Crippen LogP contribution >= 0.6 is 0 Å². The highest BCUT2D eigenvalue weighted by Crippen LogP contribution is 1.91. The molecule has 0 saturated carbocycles. The van der Waals surface area contributed by atoms with E-state index in [1.165, 1.54) is 0 Å². The number of ether oxygens (including phenoxy) is 3. The predicted molar refractivity (Wildman–Crippen MR) is 67.8 cm³/mol. The largest absolute Gasteiger partial charge is 0.394 e. The van der Waals surface area contributed by atoms with E-state index in [0.717, 1.165) is 0 Å². The van der Waals surface area contributed by atoms with Crippen LogP contribution in [0.25, 0.3) is 0 Å². The molecule has 0 radical (unpaired) electrons. The van der Waals surface area contributed by atoms with Crippen molar-refractivity contribution in [2.24, 2.45) is 0 Å². The second-order valence-corrected chi connectivity index (χ2v) is 2.84. The molecule has 0 saturated heterocycles. The van der Waals surface area contributed by atoms with Gasteiger partial charge in [0, 0.05) is 0 Å². The van der Waals surface area contributed by atoms with Gasteiger partial charge in [-0.1, -0.05) is 20.9 Å². The van der Waals surface area contributed by atoms with Gasteiger partial charge >= 0.3 is 0 Å². The van der Waals surface area contributed by atoms with Crippen LogP contribution < -0.4 is 0 Å². The van der Waals surface area contributed by atoms with Crippen LogP contribution in [0.1, 0.15) is 21.8 Å². The second-order valence-electron chi connectivity index (χ2n) is 2.84. The number of hydrogen-bond donors (Lipinski definition) is 1. The maximum Gasteiger partial charge on any atom is 0.0781 e. The number of rotatable bonds is 10. The van der Waals surface area contributed by atoms with Crippen molar-refractivity contribution >= 4 is 0 Å². The van der Waals surface area contributed by atoms with E-state index in [1.54, 1.807) is 6.08 Å². The molecule has 1 N–H and O–H groups in total. The van der Waals surface area contributed by atoms with Crippen LogP contribution in [0, 0.1) is 0 Å². The van der Waals surface area contributed by atoms with Crippen LogP contribution in [0.2, 0.25) is 0 Å². The van der Waals surface area contributed by atoms with E-state index in [2.05, 4.69) is 6.58 Å². The highest BCUT2D eigenvalue weighted by atomic mass is 16.5. The minimum atomic E-state index is 0. The Labute approximate surface area is 100 Å². The van der Waals surface area contributed by atoms with Crippen molar-refractivity contribution < 1.29 is 19.3 Å². The first-order chi connectivity index (χ1) is 6.81. The molecule has 100 valence electrons. The molecular weight excluding hydrogens is 208 g/mol. The molecule has 0 spiro atoms. The molecule has 16 heavy (non-hydrogen) atoms. The first kappa shape index (κ1) is 20.9. The second kappa shape index (κ2) is 17.0. The van der Waals surface area contributed by atoms with Crippen molar-refractivity contribution in [2.75, 3.05) is 39.6 Å². The minimum Gasteiger partial charge on any atom is -0.394 e. The smallest absolute Gasteiger partial charge is 0.0781 e. The zero-order chi connectivity index (χ0) is 10.6. The molecule has 1 unspecified atom stereocenters. The van der Waals surface area contributed by atoms with E-state index >= 15 is 0 Å². The molecule has 1 atom stereocenters. The summed E-state index contributed by atoms with van der Waals surface area (Å²) in [5.74, 6) is 0. The summed E-state index contributed by atoms with van der Waals surface area (Å²) in [6, 6.07) is 0. The van der Waals surface area contributed by atoms with Gasteiger partial charge in [-0.05, 0) is 6.92 Å². The van der Waals surface area contributed by atoms with E-state index in [1.807, 2.05) is 6.92 Å². The van der Waals surface area contributed by atoms with Crippen molar-refractivity contribution in [3.05, 3.63) is 12.7 Å². The third-order valence-electron chi connectivity index (χ3n) is 1.45. The summed E-state index contributed by atoms with van der Waals surface area (Å²) in [6.07, 6.45) is 1.72. The van der Waals surface area contributed by atoms with Gasteiger partial charge in [-0.3, -0.25) is 0 Å².